The van der Waals surface area contributed by atoms with Gasteiger partial charge >= 0.3 is 11.3 Å². The molecule has 8 nitrogen and oxygen atoms in total. The van der Waals surface area contributed by atoms with E-state index >= 15 is 0 Å². The van der Waals surface area contributed by atoms with Gasteiger partial charge in [-0.2, -0.15) is 5.10 Å². The number of hydrogen-bond donors (Lipinski definition) is 1. The van der Waals surface area contributed by atoms with Crippen molar-refractivity contribution in [2.75, 3.05) is 0 Å². The molecule has 1 unspecified atom stereocenters. The van der Waals surface area contributed by atoms with Crippen molar-refractivity contribution >= 4 is 16.9 Å². The van der Waals surface area contributed by atoms with E-state index in [0.29, 0.717) is 49.2 Å². The van der Waals surface area contributed by atoms with E-state index in [2.05, 4.69) is 24.3 Å². The largest absolute Gasteiger partial charge is 0.422 e. The van der Waals surface area contributed by atoms with Crippen molar-refractivity contribution in [3.8, 4) is 0 Å². The lowest BCUT2D eigenvalue weighted by atomic mass is 10.1. The molecule has 30 heavy (non-hydrogen) atoms. The molecule has 0 radical (unpaired) electrons. The summed E-state index contributed by atoms with van der Waals surface area (Å²) < 4.78 is 8.52. The Morgan fingerprint density at radius 1 is 1.27 bits per heavy atom. The fourth-order valence-electron chi connectivity index (χ4n) is 3.78. The Hall–Kier alpha value is -3.16. The molecule has 158 valence electrons. The first-order valence-corrected chi connectivity index (χ1v) is 10.4. The number of benzene rings is 1. The van der Waals surface area contributed by atoms with Gasteiger partial charge in [0.1, 0.15) is 17.0 Å². The second-order valence-electron chi connectivity index (χ2n) is 8.24. The molecule has 1 amide bonds. The first kappa shape index (κ1) is 20.1. The number of rotatable bonds is 5. The Bertz CT molecular complexity index is 1190. The minimum absolute atomic E-state index is 0.00766. The summed E-state index contributed by atoms with van der Waals surface area (Å²) in [6, 6.07) is 8.50. The highest BCUT2D eigenvalue weighted by molar-refractivity contribution is 5.96. The Kier molecular flexibility index (Phi) is 5.57. The van der Waals surface area contributed by atoms with Gasteiger partial charge in [0.05, 0.1) is 0 Å². The maximum atomic E-state index is 12.7. The Balaban J connectivity index is 1.45. The molecule has 0 saturated heterocycles. The molecule has 1 aromatic carbocycles. The van der Waals surface area contributed by atoms with Gasteiger partial charge in [-0.3, -0.25) is 9.36 Å². The van der Waals surface area contributed by atoms with Crippen LogP contribution in [0.15, 0.2) is 44.3 Å². The van der Waals surface area contributed by atoms with Crippen LogP contribution in [0.4, 0.5) is 0 Å². The standard InChI is InChI=1S/C22H26N4O4/c1-14(2)9-12-26-22(29)25-11-10-16(7-8-19(25)24-26)23-20(27)17-13-15-5-3-4-6-18(15)30-21(17)28/h3-6,13-14,16H,7-12H2,1-2H3,(H,23,27). The number of nitrogens with one attached hydrogen (secondary N) is 1. The van der Waals surface area contributed by atoms with Crippen LogP contribution in [0, 0.1) is 5.92 Å². The molecule has 4 rings (SSSR count). The number of aromatic nitrogens is 3. The Labute approximate surface area is 173 Å². The zero-order valence-electron chi connectivity index (χ0n) is 17.3. The van der Waals surface area contributed by atoms with Crippen LogP contribution in [0.5, 0.6) is 0 Å². The molecule has 0 fully saturated rings. The summed E-state index contributed by atoms with van der Waals surface area (Å²) in [4.78, 5) is 37.6. The Morgan fingerprint density at radius 2 is 2.07 bits per heavy atom. The quantitative estimate of drug-likeness (QED) is 0.651. The zero-order valence-corrected chi connectivity index (χ0v) is 17.3. The molecule has 3 aromatic rings. The monoisotopic (exact) mass is 410 g/mol. The van der Waals surface area contributed by atoms with Crippen LogP contribution in [0.25, 0.3) is 11.0 Å². The average molecular weight is 410 g/mol. The third-order valence-corrected chi connectivity index (χ3v) is 5.56. The summed E-state index contributed by atoms with van der Waals surface area (Å²) in [6.45, 7) is 5.35. The second kappa shape index (κ2) is 8.30. The van der Waals surface area contributed by atoms with Crippen LogP contribution in [0.3, 0.4) is 0 Å². The highest BCUT2D eigenvalue weighted by atomic mass is 16.4. The van der Waals surface area contributed by atoms with Crippen molar-refractivity contribution in [2.45, 2.75) is 58.7 Å². The molecule has 2 aromatic heterocycles. The number of hydrogen-bond acceptors (Lipinski definition) is 5. The smallest absolute Gasteiger partial charge is 0.349 e. The van der Waals surface area contributed by atoms with E-state index in [4.69, 9.17) is 4.42 Å². The lowest BCUT2D eigenvalue weighted by Gasteiger charge is -2.15. The minimum atomic E-state index is -0.652. The summed E-state index contributed by atoms with van der Waals surface area (Å²) in [7, 11) is 0. The van der Waals surface area contributed by atoms with Gasteiger partial charge in [0.15, 0.2) is 0 Å². The summed E-state index contributed by atoms with van der Waals surface area (Å²) in [5.41, 5.74) is -0.298. The fourth-order valence-corrected chi connectivity index (χ4v) is 3.78. The highest BCUT2D eigenvalue weighted by Crippen LogP contribution is 2.15. The molecular weight excluding hydrogens is 384 g/mol. The second-order valence-corrected chi connectivity index (χ2v) is 8.24. The van der Waals surface area contributed by atoms with Crippen LogP contribution in [-0.2, 0) is 19.5 Å². The molecule has 0 aliphatic carbocycles. The number of carbonyl (C=O) groups excluding carboxylic acids is 1. The Morgan fingerprint density at radius 3 is 2.87 bits per heavy atom. The number of amides is 1. The number of para-hydroxylation sites is 1. The molecular formula is C22H26N4O4. The van der Waals surface area contributed by atoms with Crippen molar-refractivity contribution in [3.05, 3.63) is 62.6 Å². The molecule has 0 saturated carbocycles. The van der Waals surface area contributed by atoms with E-state index in [1.807, 2.05) is 6.07 Å². The topological polar surface area (TPSA) is 99.1 Å². The number of nitrogens with zero attached hydrogens (tertiary/aromatic N) is 3. The predicted octanol–water partition coefficient (Wildman–Crippen LogP) is 2.33. The first-order chi connectivity index (χ1) is 14.4. The van der Waals surface area contributed by atoms with Gasteiger partial charge in [0.2, 0.25) is 0 Å². The maximum Gasteiger partial charge on any atom is 0.349 e. The van der Waals surface area contributed by atoms with Crippen molar-refractivity contribution < 1.29 is 9.21 Å². The van der Waals surface area contributed by atoms with Gasteiger partial charge in [0.25, 0.3) is 5.91 Å². The van der Waals surface area contributed by atoms with Gasteiger partial charge < -0.3 is 9.73 Å². The summed E-state index contributed by atoms with van der Waals surface area (Å²) in [6.07, 6.45) is 2.77. The molecule has 8 heteroatoms. The summed E-state index contributed by atoms with van der Waals surface area (Å²) in [5.74, 6) is 0.810. The lowest BCUT2D eigenvalue weighted by Crippen LogP contribution is -2.37. The van der Waals surface area contributed by atoms with Crippen LogP contribution in [0.2, 0.25) is 0 Å². The zero-order chi connectivity index (χ0) is 21.3. The lowest BCUT2D eigenvalue weighted by molar-refractivity contribution is 0.0929. The van der Waals surface area contributed by atoms with Crippen LogP contribution >= 0.6 is 0 Å². The molecule has 1 aliphatic heterocycles. The van der Waals surface area contributed by atoms with E-state index in [-0.39, 0.29) is 17.3 Å². The normalized spacial score (nSPS) is 16.4. The predicted molar refractivity (Wildman–Crippen MR) is 113 cm³/mol. The van der Waals surface area contributed by atoms with E-state index < -0.39 is 11.5 Å². The van der Waals surface area contributed by atoms with Gasteiger partial charge in [-0.1, -0.05) is 32.0 Å². The number of carbonyl (C=O) groups is 1. The van der Waals surface area contributed by atoms with Gasteiger partial charge in [-0.15, -0.1) is 0 Å². The number of aryl methyl sites for hydroxylation is 2. The first-order valence-electron chi connectivity index (χ1n) is 10.4. The number of fused-ring (bicyclic) bond motifs is 2. The fraction of sp³-hybridized carbons (Fsp3) is 0.455. The molecule has 1 N–H and O–H groups in total. The molecule has 0 spiro atoms. The molecule has 1 aliphatic rings. The van der Waals surface area contributed by atoms with Crippen molar-refractivity contribution in [1.82, 2.24) is 19.7 Å². The third-order valence-electron chi connectivity index (χ3n) is 5.56. The van der Waals surface area contributed by atoms with Crippen molar-refractivity contribution in [2.24, 2.45) is 5.92 Å². The minimum Gasteiger partial charge on any atom is -0.422 e. The third kappa shape index (κ3) is 4.08. The molecule has 3 heterocycles. The van der Waals surface area contributed by atoms with E-state index in [0.717, 1.165) is 12.2 Å². The van der Waals surface area contributed by atoms with E-state index in [9.17, 15) is 14.4 Å². The van der Waals surface area contributed by atoms with E-state index in [1.54, 1.807) is 33.5 Å². The van der Waals surface area contributed by atoms with Crippen LogP contribution in [0.1, 0.15) is 49.3 Å². The molecule has 0 bridgehead atoms. The van der Waals surface area contributed by atoms with Crippen LogP contribution in [-0.4, -0.2) is 26.3 Å². The summed E-state index contributed by atoms with van der Waals surface area (Å²) >= 11 is 0. The average Bonchev–Trinajstić information content (AvgIpc) is 2.88. The van der Waals surface area contributed by atoms with Gasteiger partial charge in [0, 0.05) is 30.9 Å². The van der Waals surface area contributed by atoms with Gasteiger partial charge in [-0.05, 0) is 37.3 Å². The van der Waals surface area contributed by atoms with Crippen LogP contribution < -0.4 is 16.6 Å². The highest BCUT2D eigenvalue weighted by Gasteiger charge is 2.23. The van der Waals surface area contributed by atoms with Gasteiger partial charge in [-0.25, -0.2) is 14.3 Å². The SMILES string of the molecule is CC(C)CCn1nc2n(c1=O)CCC(NC(=O)c1cc3ccccc3oc1=O)CC2. The van der Waals surface area contributed by atoms with Crippen molar-refractivity contribution in [3.63, 3.8) is 0 Å². The molecule has 1 atom stereocenters. The summed E-state index contributed by atoms with van der Waals surface area (Å²) in [5, 5.41) is 8.12. The maximum absolute atomic E-state index is 12.7. The van der Waals surface area contributed by atoms with Crippen molar-refractivity contribution in [1.29, 1.82) is 0 Å². The van der Waals surface area contributed by atoms with E-state index in [1.165, 1.54) is 0 Å².